The van der Waals surface area contributed by atoms with Crippen molar-refractivity contribution in [1.82, 2.24) is 14.9 Å². The van der Waals surface area contributed by atoms with Gasteiger partial charge in [0.1, 0.15) is 0 Å². The molecule has 2 rings (SSSR count). The van der Waals surface area contributed by atoms with Crippen molar-refractivity contribution in [2.75, 3.05) is 12.3 Å². The first-order chi connectivity index (χ1) is 7.31. The van der Waals surface area contributed by atoms with Crippen LogP contribution in [0.25, 0.3) is 0 Å². The number of nitriles is 1. The van der Waals surface area contributed by atoms with E-state index in [9.17, 15) is 0 Å². The molecule has 0 radical (unpaired) electrons. The van der Waals surface area contributed by atoms with Gasteiger partial charge in [-0.3, -0.25) is 0 Å². The van der Waals surface area contributed by atoms with E-state index in [4.69, 9.17) is 5.26 Å². The summed E-state index contributed by atoms with van der Waals surface area (Å²) in [4.78, 5) is 13.1. The number of aromatic nitrogens is 2. The second-order valence-electron chi connectivity index (χ2n) is 3.24. The molecule has 0 atom stereocenters. The Bertz CT molecular complexity index is 416. The molecule has 0 spiro atoms. The second kappa shape index (κ2) is 4.36. The number of nitrogens with zero attached hydrogens (tertiary/aromatic N) is 4. The average Bonchev–Trinajstić information content (AvgIpc) is 2.80. The molecule has 1 aliphatic rings. The van der Waals surface area contributed by atoms with Crippen LogP contribution < -0.4 is 0 Å². The number of aliphatic imine (C=N–C) groups is 1. The molecule has 78 valence electrons. The van der Waals surface area contributed by atoms with Crippen LogP contribution >= 0.6 is 11.8 Å². The van der Waals surface area contributed by atoms with Crippen LogP contribution in [0.4, 0.5) is 0 Å². The number of rotatable bonds is 2. The minimum Gasteiger partial charge on any atom is -0.348 e. The van der Waals surface area contributed by atoms with Gasteiger partial charge >= 0.3 is 0 Å². The minimum absolute atomic E-state index is 0.725. The van der Waals surface area contributed by atoms with E-state index < -0.39 is 0 Å². The number of thioether (sulfide) groups is 1. The summed E-state index contributed by atoms with van der Waals surface area (Å²) in [6.07, 6.45) is 3.52. The molecule has 1 aromatic rings. The molecule has 0 aliphatic carbocycles. The third-order valence-electron chi connectivity index (χ3n) is 2.28. The van der Waals surface area contributed by atoms with Gasteiger partial charge in [-0.05, 0) is 6.92 Å². The molecule has 0 bridgehead atoms. The maximum Gasteiger partial charge on any atom is 0.208 e. The maximum absolute atomic E-state index is 8.53. The van der Waals surface area contributed by atoms with Crippen LogP contribution in [-0.4, -0.2) is 32.3 Å². The third-order valence-corrected chi connectivity index (χ3v) is 3.28. The molecule has 0 unspecified atom stereocenters. The second-order valence-corrected chi connectivity index (χ2v) is 4.30. The summed E-state index contributed by atoms with van der Waals surface area (Å²) in [5.41, 5.74) is 2.09. The van der Waals surface area contributed by atoms with Gasteiger partial charge in [0.25, 0.3) is 0 Å². The normalized spacial score (nSPS) is 18.4. The monoisotopic (exact) mass is 221 g/mol. The Labute approximate surface area is 92.2 Å². The van der Waals surface area contributed by atoms with Crippen LogP contribution in [0.1, 0.15) is 11.4 Å². The third kappa shape index (κ3) is 2.13. The molecule has 0 aromatic carbocycles. The number of hydrogen-bond acceptors (Lipinski definition) is 4. The highest BCUT2D eigenvalue weighted by atomic mass is 32.2. The van der Waals surface area contributed by atoms with Gasteiger partial charge in [-0.25, -0.2) is 4.98 Å². The number of amidine groups is 1. The Balaban J connectivity index is 2.10. The van der Waals surface area contributed by atoms with E-state index in [0.717, 1.165) is 35.4 Å². The first-order valence-corrected chi connectivity index (χ1v) is 5.63. The van der Waals surface area contributed by atoms with Crippen LogP contribution in [0.15, 0.2) is 11.3 Å². The predicted molar refractivity (Wildman–Crippen MR) is 59.2 cm³/mol. The Morgan fingerprint density at radius 1 is 1.80 bits per heavy atom. The van der Waals surface area contributed by atoms with Gasteiger partial charge in [0, 0.05) is 18.0 Å². The molecule has 5 nitrogen and oxygen atoms in total. The van der Waals surface area contributed by atoms with E-state index in [-0.39, 0.29) is 0 Å². The molecule has 2 heterocycles. The summed E-state index contributed by atoms with van der Waals surface area (Å²) in [7, 11) is 0. The number of aryl methyl sites for hydroxylation is 1. The van der Waals surface area contributed by atoms with E-state index in [2.05, 4.69) is 19.9 Å². The molecule has 1 saturated heterocycles. The van der Waals surface area contributed by atoms with Gasteiger partial charge in [0.05, 0.1) is 18.6 Å². The summed E-state index contributed by atoms with van der Waals surface area (Å²) in [5.74, 6) is 0.990. The lowest BCUT2D eigenvalue weighted by Crippen LogP contribution is -2.24. The van der Waals surface area contributed by atoms with Gasteiger partial charge in [-0.1, -0.05) is 11.8 Å². The van der Waals surface area contributed by atoms with Crippen LogP contribution in [0.3, 0.4) is 0 Å². The maximum atomic E-state index is 8.53. The number of nitrogens with one attached hydrogen (secondary N) is 1. The fourth-order valence-corrected chi connectivity index (χ4v) is 2.39. The van der Waals surface area contributed by atoms with Crippen LogP contribution in [-0.2, 0) is 6.54 Å². The van der Waals surface area contributed by atoms with E-state index in [1.54, 1.807) is 18.1 Å². The van der Waals surface area contributed by atoms with Crippen molar-refractivity contribution in [2.45, 2.75) is 13.5 Å². The van der Waals surface area contributed by atoms with Gasteiger partial charge < -0.3 is 9.88 Å². The smallest absolute Gasteiger partial charge is 0.208 e. The molecule has 1 N–H and O–H groups in total. The predicted octanol–water partition coefficient (Wildman–Crippen LogP) is 1.10. The average molecular weight is 221 g/mol. The van der Waals surface area contributed by atoms with Crippen LogP contribution in [0, 0.1) is 18.4 Å². The number of imidazole rings is 1. The SMILES string of the molecule is Cc1[nH]cnc1CN1CCSC1=NC#N. The Kier molecular flexibility index (Phi) is 2.92. The zero-order valence-corrected chi connectivity index (χ0v) is 9.21. The van der Waals surface area contributed by atoms with Gasteiger partial charge in [0.2, 0.25) is 6.19 Å². The number of aromatic amines is 1. The fourth-order valence-electron chi connectivity index (χ4n) is 1.45. The Morgan fingerprint density at radius 3 is 3.33 bits per heavy atom. The lowest BCUT2D eigenvalue weighted by molar-refractivity contribution is 0.450. The summed E-state index contributed by atoms with van der Waals surface area (Å²) in [5, 5.41) is 9.33. The largest absolute Gasteiger partial charge is 0.348 e. The van der Waals surface area contributed by atoms with Gasteiger partial charge in [-0.2, -0.15) is 5.26 Å². The molecule has 1 fully saturated rings. The van der Waals surface area contributed by atoms with Crippen molar-refractivity contribution in [1.29, 1.82) is 5.26 Å². The van der Waals surface area contributed by atoms with Gasteiger partial charge in [0.15, 0.2) is 5.17 Å². The summed E-state index contributed by atoms with van der Waals surface area (Å²) < 4.78 is 0. The molecule has 0 amide bonds. The van der Waals surface area contributed by atoms with E-state index >= 15 is 0 Å². The molecular formula is C9H11N5S. The van der Waals surface area contributed by atoms with E-state index in [1.807, 2.05) is 13.1 Å². The Morgan fingerprint density at radius 2 is 2.67 bits per heavy atom. The highest BCUT2D eigenvalue weighted by Crippen LogP contribution is 2.20. The standard InChI is InChI=1S/C9H11N5S/c1-7-8(13-6-12-7)4-14-2-3-15-9(14)11-5-10/h6H,2-4H2,1H3,(H,12,13). The molecule has 0 saturated carbocycles. The van der Waals surface area contributed by atoms with Crippen molar-refractivity contribution in [3.05, 3.63) is 17.7 Å². The van der Waals surface area contributed by atoms with E-state index in [1.165, 1.54) is 0 Å². The summed E-state index contributed by atoms with van der Waals surface area (Å²) in [6, 6.07) is 0. The molecule has 6 heteroatoms. The van der Waals surface area contributed by atoms with Crippen molar-refractivity contribution in [2.24, 2.45) is 4.99 Å². The number of H-pyrrole nitrogens is 1. The highest BCUT2D eigenvalue weighted by molar-refractivity contribution is 8.14. The summed E-state index contributed by atoms with van der Waals surface area (Å²) in [6.45, 7) is 3.65. The molecule has 15 heavy (non-hydrogen) atoms. The molecule has 1 aliphatic heterocycles. The van der Waals surface area contributed by atoms with Crippen molar-refractivity contribution in [3.8, 4) is 6.19 Å². The first kappa shape index (κ1) is 10.1. The quantitative estimate of drug-likeness (QED) is 0.759. The lowest BCUT2D eigenvalue weighted by Gasteiger charge is -2.15. The fraction of sp³-hybridized carbons (Fsp3) is 0.444. The van der Waals surface area contributed by atoms with Crippen molar-refractivity contribution in [3.63, 3.8) is 0 Å². The van der Waals surface area contributed by atoms with Crippen LogP contribution in [0.5, 0.6) is 0 Å². The number of hydrogen-bond donors (Lipinski definition) is 1. The van der Waals surface area contributed by atoms with Crippen LogP contribution in [0.2, 0.25) is 0 Å². The first-order valence-electron chi connectivity index (χ1n) is 4.64. The minimum atomic E-state index is 0.725. The molecular weight excluding hydrogens is 210 g/mol. The highest BCUT2D eigenvalue weighted by Gasteiger charge is 2.20. The van der Waals surface area contributed by atoms with Gasteiger partial charge in [-0.15, -0.1) is 4.99 Å². The Hall–Kier alpha value is -1.48. The zero-order valence-electron chi connectivity index (χ0n) is 8.40. The van der Waals surface area contributed by atoms with Crippen molar-refractivity contribution >= 4 is 16.9 Å². The topological polar surface area (TPSA) is 68.1 Å². The lowest BCUT2D eigenvalue weighted by atomic mass is 10.3. The zero-order chi connectivity index (χ0) is 10.7. The summed E-state index contributed by atoms with van der Waals surface area (Å²) >= 11 is 1.62. The molecule has 1 aromatic heterocycles. The van der Waals surface area contributed by atoms with E-state index in [0.29, 0.717) is 0 Å². The van der Waals surface area contributed by atoms with Crippen molar-refractivity contribution < 1.29 is 0 Å².